The van der Waals surface area contributed by atoms with Crippen LogP contribution in [0.5, 0.6) is 0 Å². The second-order valence-corrected chi connectivity index (χ2v) is 4.78. The van der Waals surface area contributed by atoms with Crippen molar-refractivity contribution < 1.29 is 4.92 Å². The zero-order chi connectivity index (χ0) is 16.4. The summed E-state index contributed by atoms with van der Waals surface area (Å²) < 4.78 is 0. The number of para-hydroxylation sites is 1. The summed E-state index contributed by atoms with van der Waals surface area (Å²) in [5.74, 6) is 5.24. The normalized spacial score (nSPS) is 10.5. The summed E-state index contributed by atoms with van der Waals surface area (Å²) >= 11 is 0. The van der Waals surface area contributed by atoms with Crippen LogP contribution in [0, 0.1) is 17.0 Å². The van der Waals surface area contributed by atoms with E-state index in [1.54, 1.807) is 6.07 Å². The Morgan fingerprint density at radius 2 is 1.96 bits per heavy atom. The number of hydrazine groups is 1. The summed E-state index contributed by atoms with van der Waals surface area (Å²) in [6, 6.07) is 9.35. The molecule has 0 aliphatic heterocycles. The number of pyridine rings is 1. The molecule has 3 aromatic rings. The van der Waals surface area contributed by atoms with Gasteiger partial charge in [0.1, 0.15) is 6.33 Å². The average molecular weight is 311 g/mol. The number of hydrogen-bond donors (Lipinski definition) is 3. The smallest absolute Gasteiger partial charge is 0.332 e. The third kappa shape index (κ3) is 2.72. The predicted octanol–water partition coefficient (Wildman–Crippen LogP) is 2.27. The number of anilines is 3. The maximum absolute atomic E-state index is 11.3. The van der Waals surface area contributed by atoms with Crippen molar-refractivity contribution >= 4 is 33.9 Å². The van der Waals surface area contributed by atoms with Crippen molar-refractivity contribution in [1.29, 1.82) is 0 Å². The van der Waals surface area contributed by atoms with E-state index in [4.69, 9.17) is 5.84 Å². The molecule has 0 radical (unpaired) electrons. The molecule has 116 valence electrons. The lowest BCUT2D eigenvalue weighted by Crippen LogP contribution is -2.12. The van der Waals surface area contributed by atoms with Gasteiger partial charge in [-0.05, 0) is 19.1 Å². The molecule has 1 aromatic carbocycles. The van der Waals surface area contributed by atoms with Gasteiger partial charge in [0.25, 0.3) is 0 Å². The molecule has 0 fully saturated rings. The highest BCUT2D eigenvalue weighted by Gasteiger charge is 2.23. The molecular formula is C14H13N7O2. The van der Waals surface area contributed by atoms with Crippen LogP contribution in [0.1, 0.15) is 5.69 Å². The number of aromatic nitrogens is 3. The number of aryl methyl sites for hydroxylation is 1. The second-order valence-electron chi connectivity index (χ2n) is 4.78. The summed E-state index contributed by atoms with van der Waals surface area (Å²) in [4.78, 5) is 22.9. The summed E-state index contributed by atoms with van der Waals surface area (Å²) in [7, 11) is 0. The molecule has 0 atom stereocenters. The fourth-order valence-corrected chi connectivity index (χ4v) is 2.22. The molecule has 0 spiro atoms. The average Bonchev–Trinajstić information content (AvgIpc) is 2.55. The molecule has 9 heteroatoms. The molecule has 9 nitrogen and oxygen atoms in total. The van der Waals surface area contributed by atoms with Crippen LogP contribution in [0.3, 0.4) is 0 Å². The molecule has 0 saturated heterocycles. The number of nitro groups is 1. The Morgan fingerprint density at radius 1 is 1.17 bits per heavy atom. The van der Waals surface area contributed by atoms with E-state index >= 15 is 0 Å². The van der Waals surface area contributed by atoms with Crippen molar-refractivity contribution in [1.82, 2.24) is 15.0 Å². The van der Waals surface area contributed by atoms with Crippen LogP contribution in [-0.4, -0.2) is 19.9 Å². The Balaban J connectivity index is 2.13. The van der Waals surface area contributed by atoms with Crippen LogP contribution in [0.2, 0.25) is 0 Å². The summed E-state index contributed by atoms with van der Waals surface area (Å²) in [5.41, 5.74) is 4.01. The molecular weight excluding hydrogens is 298 g/mol. The maximum atomic E-state index is 11.3. The minimum Gasteiger partial charge on any atom is -0.332 e. The van der Waals surface area contributed by atoms with Crippen LogP contribution in [-0.2, 0) is 0 Å². The minimum absolute atomic E-state index is 0.0359. The first kappa shape index (κ1) is 14.6. The minimum atomic E-state index is -0.596. The number of hydrogen-bond acceptors (Lipinski definition) is 8. The molecule has 2 heterocycles. The lowest BCUT2D eigenvalue weighted by molar-refractivity contribution is -0.383. The molecule has 0 saturated carbocycles. The summed E-state index contributed by atoms with van der Waals surface area (Å²) in [5, 5.41) is 15.1. The highest BCUT2D eigenvalue weighted by molar-refractivity contribution is 5.93. The highest BCUT2D eigenvalue weighted by Crippen LogP contribution is 2.32. The molecule has 0 amide bonds. The van der Waals surface area contributed by atoms with Gasteiger partial charge in [0.2, 0.25) is 11.6 Å². The Bertz CT molecular complexity index is 897. The monoisotopic (exact) mass is 311 g/mol. The van der Waals surface area contributed by atoms with E-state index in [0.717, 1.165) is 11.1 Å². The van der Waals surface area contributed by atoms with Crippen LogP contribution in [0.15, 0.2) is 36.7 Å². The van der Waals surface area contributed by atoms with E-state index in [2.05, 4.69) is 25.7 Å². The highest BCUT2D eigenvalue weighted by atomic mass is 16.6. The molecule has 0 unspecified atom stereocenters. The zero-order valence-electron chi connectivity index (χ0n) is 12.1. The van der Waals surface area contributed by atoms with Crippen molar-refractivity contribution in [2.45, 2.75) is 6.92 Å². The van der Waals surface area contributed by atoms with Gasteiger partial charge < -0.3 is 10.7 Å². The lowest BCUT2D eigenvalue weighted by Gasteiger charge is -2.10. The number of fused-ring (bicyclic) bond motifs is 1. The van der Waals surface area contributed by atoms with Crippen LogP contribution in [0.4, 0.5) is 23.0 Å². The van der Waals surface area contributed by atoms with E-state index in [1.807, 2.05) is 31.2 Å². The first-order valence-electron chi connectivity index (χ1n) is 6.69. The number of nitrogens with zero attached hydrogens (tertiary/aromatic N) is 4. The SMILES string of the molecule is Cc1ccc2cccc(Nc3ncnc(NN)c3[N+](=O)[O-])c2n1. The molecule has 0 bridgehead atoms. The Kier molecular flexibility index (Phi) is 3.69. The van der Waals surface area contributed by atoms with Crippen LogP contribution >= 0.6 is 0 Å². The third-order valence-corrected chi connectivity index (χ3v) is 3.25. The van der Waals surface area contributed by atoms with Crippen molar-refractivity contribution in [3.63, 3.8) is 0 Å². The van der Waals surface area contributed by atoms with Gasteiger partial charge in [0, 0.05) is 11.1 Å². The fraction of sp³-hybridized carbons (Fsp3) is 0.0714. The van der Waals surface area contributed by atoms with Gasteiger partial charge in [-0.2, -0.15) is 0 Å². The number of benzene rings is 1. The fourth-order valence-electron chi connectivity index (χ4n) is 2.22. The first-order valence-corrected chi connectivity index (χ1v) is 6.69. The zero-order valence-corrected chi connectivity index (χ0v) is 12.1. The van der Waals surface area contributed by atoms with E-state index in [9.17, 15) is 10.1 Å². The van der Waals surface area contributed by atoms with Gasteiger partial charge in [0.15, 0.2) is 0 Å². The summed E-state index contributed by atoms with van der Waals surface area (Å²) in [6.07, 6.45) is 1.19. The number of nitrogens with one attached hydrogen (secondary N) is 2. The Hall–Kier alpha value is -3.33. The molecule has 2 aromatic heterocycles. The number of nitrogens with two attached hydrogens (primary N) is 1. The maximum Gasteiger partial charge on any atom is 0.354 e. The van der Waals surface area contributed by atoms with Crippen LogP contribution in [0.25, 0.3) is 10.9 Å². The van der Waals surface area contributed by atoms with Gasteiger partial charge >= 0.3 is 5.69 Å². The van der Waals surface area contributed by atoms with Crippen molar-refractivity contribution in [2.75, 3.05) is 10.7 Å². The van der Waals surface area contributed by atoms with E-state index in [-0.39, 0.29) is 17.3 Å². The number of nitrogen functional groups attached to an aromatic ring is 1. The van der Waals surface area contributed by atoms with Gasteiger partial charge in [0.05, 0.1) is 16.1 Å². The summed E-state index contributed by atoms with van der Waals surface area (Å²) in [6.45, 7) is 1.87. The molecule has 23 heavy (non-hydrogen) atoms. The standard InChI is InChI=1S/C14H13N7O2/c1-8-5-6-9-3-2-4-10(11(9)18-8)19-13-12(21(22)23)14(20-15)17-7-16-13/h2-7H,15H2,1H3,(H2,16,17,19,20). The predicted molar refractivity (Wildman–Crippen MR) is 86.3 cm³/mol. The quantitative estimate of drug-likeness (QED) is 0.380. The van der Waals surface area contributed by atoms with E-state index in [0.29, 0.717) is 11.2 Å². The topological polar surface area (TPSA) is 132 Å². The van der Waals surface area contributed by atoms with Crippen molar-refractivity contribution in [3.8, 4) is 0 Å². The largest absolute Gasteiger partial charge is 0.354 e. The van der Waals surface area contributed by atoms with E-state index in [1.165, 1.54) is 6.33 Å². The van der Waals surface area contributed by atoms with Crippen LogP contribution < -0.4 is 16.6 Å². The van der Waals surface area contributed by atoms with E-state index < -0.39 is 4.92 Å². The van der Waals surface area contributed by atoms with Gasteiger partial charge in [-0.15, -0.1) is 0 Å². The Labute approximate surface area is 130 Å². The molecule has 3 rings (SSSR count). The molecule has 4 N–H and O–H groups in total. The van der Waals surface area contributed by atoms with Crippen molar-refractivity contribution in [2.24, 2.45) is 5.84 Å². The van der Waals surface area contributed by atoms with Gasteiger partial charge in [-0.1, -0.05) is 18.2 Å². The van der Waals surface area contributed by atoms with Gasteiger partial charge in [-0.25, -0.2) is 15.8 Å². The Morgan fingerprint density at radius 3 is 2.70 bits per heavy atom. The lowest BCUT2D eigenvalue weighted by atomic mass is 10.1. The third-order valence-electron chi connectivity index (χ3n) is 3.25. The second kappa shape index (κ2) is 5.81. The molecule has 0 aliphatic carbocycles. The van der Waals surface area contributed by atoms with Crippen molar-refractivity contribution in [3.05, 3.63) is 52.5 Å². The number of rotatable bonds is 4. The molecule has 0 aliphatic rings. The van der Waals surface area contributed by atoms with Gasteiger partial charge in [-0.3, -0.25) is 15.1 Å². The first-order chi connectivity index (χ1) is 11.1.